The Morgan fingerprint density at radius 2 is 0.985 bits per heavy atom. The summed E-state index contributed by atoms with van der Waals surface area (Å²) in [6.07, 6.45) is 6.81. The largest absolute Gasteiger partial charge is 0.208 e. The molecule has 8 aromatic carbocycles. The highest BCUT2D eigenvalue weighted by molar-refractivity contribution is 7.25. The van der Waals surface area contributed by atoms with Gasteiger partial charge in [-0.15, -0.1) is 11.3 Å². The summed E-state index contributed by atoms with van der Waals surface area (Å²) >= 11 is 1.86. The first-order valence-corrected chi connectivity index (χ1v) is 28.6. The van der Waals surface area contributed by atoms with Gasteiger partial charge in [0.2, 0.25) is 0 Å². The van der Waals surface area contributed by atoms with Crippen molar-refractivity contribution in [2.45, 2.75) is 50.6 Å². The Morgan fingerprint density at radius 3 is 1.76 bits per heavy atom. The van der Waals surface area contributed by atoms with Gasteiger partial charge in [-0.25, -0.2) is 15.0 Å². The average molecular weight is 908 g/mol. The van der Waals surface area contributed by atoms with Gasteiger partial charge in [-0.3, -0.25) is 0 Å². The zero-order valence-corrected chi connectivity index (χ0v) is 40.2. The minimum Gasteiger partial charge on any atom is -0.208 e. The van der Waals surface area contributed by atoms with E-state index in [0.717, 1.165) is 28.5 Å². The summed E-state index contributed by atoms with van der Waals surface area (Å²) in [7, 11) is -1.95. The van der Waals surface area contributed by atoms with E-state index in [9.17, 15) is 0 Å². The highest BCUT2D eigenvalue weighted by Crippen LogP contribution is 2.70. The monoisotopic (exact) mass is 907 g/mol. The van der Waals surface area contributed by atoms with Crippen molar-refractivity contribution < 1.29 is 0 Å². The number of aromatic nitrogens is 3. The number of thiophene rings is 1. The van der Waals surface area contributed by atoms with Crippen molar-refractivity contribution in [3.63, 3.8) is 0 Å². The number of nitrogens with zero attached hydrogens (tertiary/aromatic N) is 3. The van der Waals surface area contributed by atoms with Crippen LogP contribution in [0.5, 0.6) is 0 Å². The second-order valence-corrected chi connectivity index (χ2v) is 26.6. The summed E-state index contributed by atoms with van der Waals surface area (Å²) in [5, 5.41) is 5.74. The van der Waals surface area contributed by atoms with Gasteiger partial charge in [0.1, 0.15) is 8.07 Å². The van der Waals surface area contributed by atoms with E-state index in [1.54, 1.807) is 21.5 Å². The number of rotatable bonds is 5. The van der Waals surface area contributed by atoms with Crippen molar-refractivity contribution in [3.05, 3.63) is 187 Å². The molecule has 3 nitrogen and oxygen atoms in total. The second kappa shape index (κ2) is 14.4. The van der Waals surface area contributed by atoms with Crippen LogP contribution in [0, 0.1) is 23.7 Å². The Morgan fingerprint density at radius 1 is 0.412 bits per heavy atom. The quantitative estimate of drug-likeness (QED) is 0.162. The molecule has 0 atom stereocenters. The van der Waals surface area contributed by atoms with Crippen molar-refractivity contribution in [1.29, 1.82) is 0 Å². The van der Waals surface area contributed by atoms with Crippen LogP contribution >= 0.6 is 11.3 Å². The molecule has 3 heterocycles. The Bertz CT molecular complexity index is 3710. The zero-order valence-electron chi connectivity index (χ0n) is 38.3. The summed E-state index contributed by atoms with van der Waals surface area (Å²) in [4.78, 5) is 16.1. The van der Waals surface area contributed by atoms with Crippen molar-refractivity contribution in [2.75, 3.05) is 0 Å². The highest BCUT2D eigenvalue weighted by atomic mass is 32.1. The van der Waals surface area contributed by atoms with Crippen LogP contribution in [0.15, 0.2) is 176 Å². The SMILES string of the molecule is C[Si]1(C)c2ccccc2-c2ccc(-c3cc(-c4nc(-c5ccccc5)nc(-c5ccc(-c6ccc7c(c6)sc6ccccc67)cc5)n4)cc4c3C3(c5ccccc5-4)C4CC5CC(C4)CC3C5)cc21. The third kappa shape index (κ3) is 5.54. The summed E-state index contributed by atoms with van der Waals surface area (Å²) in [5.41, 5.74) is 16.9. The Hall–Kier alpha value is -6.79. The van der Waals surface area contributed by atoms with Crippen molar-refractivity contribution in [3.8, 4) is 78.7 Å². The molecule has 5 heteroatoms. The normalized spacial score (nSPS) is 22.1. The fourth-order valence-electron chi connectivity index (χ4n) is 14.6. The maximum absolute atomic E-state index is 5.45. The predicted octanol–water partition coefficient (Wildman–Crippen LogP) is 15.1. The molecule has 10 aromatic rings. The van der Waals surface area contributed by atoms with Crippen molar-refractivity contribution in [2.24, 2.45) is 23.7 Å². The molecule has 1 spiro atoms. The lowest BCUT2D eigenvalue weighted by Gasteiger charge is -2.61. The first-order valence-electron chi connectivity index (χ1n) is 24.8. The first-order chi connectivity index (χ1) is 33.4. The van der Waals surface area contributed by atoms with E-state index in [0.29, 0.717) is 29.3 Å². The van der Waals surface area contributed by atoms with Gasteiger partial charge in [0.05, 0.1) is 0 Å². The summed E-state index contributed by atoms with van der Waals surface area (Å²) in [6, 6.07) is 66.0. The fraction of sp³-hybridized carbons (Fsp3) is 0.190. The van der Waals surface area contributed by atoms with E-state index in [2.05, 4.69) is 189 Å². The van der Waals surface area contributed by atoms with Gasteiger partial charge in [0.25, 0.3) is 0 Å². The average Bonchev–Trinajstić information content (AvgIpc) is 3.98. The van der Waals surface area contributed by atoms with E-state index in [4.69, 9.17) is 15.0 Å². The first kappa shape index (κ1) is 39.2. The molecule has 5 aliphatic carbocycles. The summed E-state index contributed by atoms with van der Waals surface area (Å²) in [5.74, 6) is 5.12. The van der Waals surface area contributed by atoms with Gasteiger partial charge in [0.15, 0.2) is 17.5 Å². The Balaban J connectivity index is 0.925. The van der Waals surface area contributed by atoms with E-state index in [1.165, 1.54) is 96.8 Å². The molecule has 1 aliphatic heterocycles. The van der Waals surface area contributed by atoms with E-state index < -0.39 is 8.07 Å². The molecule has 16 rings (SSSR count). The minimum absolute atomic E-state index is 0.00480. The summed E-state index contributed by atoms with van der Waals surface area (Å²) < 4.78 is 2.63. The molecule has 0 radical (unpaired) electrons. The topological polar surface area (TPSA) is 38.7 Å². The maximum Gasteiger partial charge on any atom is 0.164 e. The molecule has 4 saturated carbocycles. The molecule has 326 valence electrons. The third-order valence-corrected chi connectivity index (χ3v) is 22.0. The molecule has 4 fully saturated rings. The van der Waals surface area contributed by atoms with Crippen molar-refractivity contribution >= 4 is 50.0 Å². The molecule has 0 amide bonds. The van der Waals surface area contributed by atoms with E-state index >= 15 is 0 Å². The molecule has 0 unspecified atom stereocenters. The van der Waals surface area contributed by atoms with Gasteiger partial charge in [-0.05, 0) is 146 Å². The van der Waals surface area contributed by atoms with E-state index in [-0.39, 0.29) is 5.41 Å². The lowest BCUT2D eigenvalue weighted by Crippen LogP contribution is -2.55. The zero-order chi connectivity index (χ0) is 44.9. The van der Waals surface area contributed by atoms with Crippen LogP contribution in [0.4, 0.5) is 0 Å². The molecular weight excluding hydrogens is 859 g/mol. The Labute approximate surface area is 402 Å². The van der Waals surface area contributed by atoms with Crippen molar-refractivity contribution in [1.82, 2.24) is 15.0 Å². The number of hydrogen-bond donors (Lipinski definition) is 0. The predicted molar refractivity (Wildman–Crippen MR) is 285 cm³/mol. The Kier molecular flexibility index (Phi) is 8.29. The third-order valence-electron chi connectivity index (χ3n) is 17.3. The standard InChI is InChI=1S/C63H49N3SSi/c1-68(2)57-19-11-8-16-50(57)51-27-25-43(36-58(51)68)52-33-44(34-53-47-14-6-9-17-54(47)63(59(52)53)45-29-37-28-38(31-45)32-46(63)30-37)62-65-60(40-12-4-3-5-13-40)64-61(66-62)41-22-20-39(21-23-41)42-24-26-49-48-15-7-10-18-55(48)67-56(49)35-42/h3-27,33-38,45-46H,28-32H2,1-2H3. The van der Waals surface area contributed by atoms with E-state index in [1.807, 2.05) is 11.3 Å². The van der Waals surface area contributed by atoms with Gasteiger partial charge < -0.3 is 0 Å². The molecule has 2 aromatic heterocycles. The van der Waals surface area contributed by atoms with Crippen LogP contribution in [-0.2, 0) is 5.41 Å². The van der Waals surface area contributed by atoms with Crippen LogP contribution in [0.3, 0.4) is 0 Å². The van der Waals surface area contributed by atoms with Crippen LogP contribution in [-0.4, -0.2) is 23.0 Å². The smallest absolute Gasteiger partial charge is 0.164 e. The lowest BCUT2D eigenvalue weighted by molar-refractivity contribution is -0.0397. The number of benzene rings is 8. The molecule has 68 heavy (non-hydrogen) atoms. The molecule has 4 bridgehead atoms. The van der Waals surface area contributed by atoms with Crippen LogP contribution in [0.25, 0.3) is 98.8 Å². The molecule has 6 aliphatic rings. The van der Waals surface area contributed by atoms with Gasteiger partial charge in [-0.1, -0.05) is 165 Å². The van der Waals surface area contributed by atoms with Crippen LogP contribution < -0.4 is 10.4 Å². The number of hydrogen-bond acceptors (Lipinski definition) is 4. The molecular formula is C63H49N3SSi. The molecule has 0 N–H and O–H groups in total. The number of fused-ring (bicyclic) bond motifs is 9. The van der Waals surface area contributed by atoms with Crippen LogP contribution in [0.1, 0.15) is 43.2 Å². The van der Waals surface area contributed by atoms with Gasteiger partial charge in [0, 0.05) is 42.3 Å². The summed E-state index contributed by atoms with van der Waals surface area (Å²) in [6.45, 7) is 5.09. The maximum atomic E-state index is 5.45. The van der Waals surface area contributed by atoms with Gasteiger partial charge >= 0.3 is 0 Å². The second-order valence-electron chi connectivity index (χ2n) is 21.2. The van der Waals surface area contributed by atoms with Crippen LogP contribution in [0.2, 0.25) is 13.1 Å². The molecule has 0 saturated heterocycles. The minimum atomic E-state index is -1.95. The van der Waals surface area contributed by atoms with Gasteiger partial charge in [-0.2, -0.15) is 0 Å². The lowest BCUT2D eigenvalue weighted by atomic mass is 9.42. The highest BCUT2D eigenvalue weighted by Gasteiger charge is 2.62. The fourth-order valence-corrected chi connectivity index (χ4v) is 18.8.